The monoisotopic (exact) mass is 259 g/mol. The highest BCUT2D eigenvalue weighted by Gasteiger charge is 2.21. The fraction of sp³-hybridized carbons (Fsp3) is 0.143. The maximum Gasteiger partial charge on any atom is 0.173 e. The van der Waals surface area contributed by atoms with Crippen LogP contribution in [0.4, 0.5) is 5.69 Å². The predicted molar refractivity (Wildman–Crippen MR) is 74.3 cm³/mol. The quantitative estimate of drug-likeness (QED) is 0.901. The molecule has 4 heteroatoms. The van der Waals surface area contributed by atoms with Crippen LogP contribution in [0.15, 0.2) is 53.9 Å². The number of nitrogens with one attached hydrogen (secondary N) is 1. The zero-order chi connectivity index (χ0) is 12.6. The van der Waals surface area contributed by atoms with Gasteiger partial charge in [0, 0.05) is 16.5 Å². The molecule has 0 fully saturated rings. The number of hydrogen-bond acceptors (Lipinski definition) is 3. The summed E-state index contributed by atoms with van der Waals surface area (Å²) in [4.78, 5) is 0. The van der Waals surface area contributed by atoms with E-state index in [4.69, 9.17) is 0 Å². The van der Waals surface area contributed by atoms with Crippen LogP contribution in [-0.2, 0) is 9.84 Å². The maximum absolute atomic E-state index is 11.4. The predicted octanol–water partition coefficient (Wildman–Crippen LogP) is 2.56. The summed E-state index contributed by atoms with van der Waals surface area (Å²) in [6.45, 7) is 0. The Hall–Kier alpha value is -1.81. The molecule has 0 saturated heterocycles. The van der Waals surface area contributed by atoms with Gasteiger partial charge in [-0.1, -0.05) is 42.5 Å². The molecule has 0 aliphatic carbocycles. The van der Waals surface area contributed by atoms with Crippen molar-refractivity contribution in [1.82, 2.24) is 0 Å². The van der Waals surface area contributed by atoms with Crippen LogP contribution in [0.5, 0.6) is 0 Å². The summed E-state index contributed by atoms with van der Waals surface area (Å²) < 4.78 is 22.7. The van der Waals surface area contributed by atoms with Gasteiger partial charge >= 0.3 is 0 Å². The van der Waals surface area contributed by atoms with Gasteiger partial charge in [0.1, 0.15) is 0 Å². The van der Waals surface area contributed by atoms with Crippen LogP contribution in [0.2, 0.25) is 0 Å². The molecule has 0 radical (unpaired) electrons. The molecule has 1 aliphatic rings. The fourth-order valence-corrected chi connectivity index (χ4v) is 3.45. The lowest BCUT2D eigenvalue weighted by atomic mass is 10.1. The minimum atomic E-state index is -3.01. The number of sulfone groups is 1. The van der Waals surface area contributed by atoms with Gasteiger partial charge in [-0.25, -0.2) is 8.42 Å². The zero-order valence-corrected chi connectivity index (χ0v) is 10.5. The van der Waals surface area contributed by atoms with Crippen LogP contribution in [0.3, 0.4) is 0 Å². The van der Waals surface area contributed by atoms with Gasteiger partial charge in [0.15, 0.2) is 9.84 Å². The highest BCUT2D eigenvalue weighted by atomic mass is 32.2. The van der Waals surface area contributed by atoms with E-state index in [-0.39, 0.29) is 11.8 Å². The van der Waals surface area contributed by atoms with Crippen LogP contribution in [0.1, 0.15) is 0 Å². The van der Waals surface area contributed by atoms with Gasteiger partial charge in [-0.05, 0) is 11.5 Å². The second kappa shape index (κ2) is 4.14. The Kier molecular flexibility index (Phi) is 2.59. The highest BCUT2D eigenvalue weighted by molar-refractivity contribution is 7.94. The van der Waals surface area contributed by atoms with Crippen LogP contribution in [0.25, 0.3) is 10.8 Å². The van der Waals surface area contributed by atoms with E-state index in [1.165, 1.54) is 5.41 Å². The lowest BCUT2D eigenvalue weighted by molar-refractivity contribution is 0.605. The van der Waals surface area contributed by atoms with Gasteiger partial charge in [-0.15, -0.1) is 0 Å². The summed E-state index contributed by atoms with van der Waals surface area (Å²) >= 11 is 0. The van der Waals surface area contributed by atoms with E-state index < -0.39 is 9.84 Å². The molecule has 1 heterocycles. The van der Waals surface area contributed by atoms with Crippen molar-refractivity contribution in [1.29, 1.82) is 0 Å². The standard InChI is InChI=1S/C14H13NO2S/c16-18(17)9-8-12(10-18)15-14-7-3-5-11-4-1-2-6-13(11)14/h1-9,12,15H,10H2. The summed E-state index contributed by atoms with van der Waals surface area (Å²) in [5, 5.41) is 6.82. The highest BCUT2D eigenvalue weighted by Crippen LogP contribution is 2.24. The van der Waals surface area contributed by atoms with Crippen LogP contribution in [0, 0.1) is 0 Å². The molecule has 0 bridgehead atoms. The van der Waals surface area contributed by atoms with E-state index >= 15 is 0 Å². The molecule has 0 aromatic heterocycles. The van der Waals surface area contributed by atoms with Crippen LogP contribution < -0.4 is 5.32 Å². The molecule has 1 N–H and O–H groups in total. The first kappa shape index (κ1) is 11.3. The molecule has 1 aliphatic heterocycles. The Morgan fingerprint density at radius 2 is 1.83 bits per heavy atom. The second-order valence-corrected chi connectivity index (χ2v) is 6.37. The summed E-state index contributed by atoms with van der Waals surface area (Å²) in [5.74, 6) is 0.135. The summed E-state index contributed by atoms with van der Waals surface area (Å²) in [5.41, 5.74) is 0.972. The summed E-state index contributed by atoms with van der Waals surface area (Å²) in [6, 6.07) is 13.9. The number of hydrogen-bond donors (Lipinski definition) is 1. The molecule has 3 nitrogen and oxygen atoms in total. The molecule has 18 heavy (non-hydrogen) atoms. The van der Waals surface area contributed by atoms with Gasteiger partial charge in [0.05, 0.1) is 11.8 Å². The van der Waals surface area contributed by atoms with Crippen molar-refractivity contribution in [3.63, 3.8) is 0 Å². The average Bonchev–Trinajstić information content (AvgIpc) is 2.69. The van der Waals surface area contributed by atoms with Crippen LogP contribution >= 0.6 is 0 Å². The van der Waals surface area contributed by atoms with Crippen molar-refractivity contribution in [2.45, 2.75) is 6.04 Å². The Bertz CT molecular complexity index is 714. The normalized spacial score (nSPS) is 21.2. The van der Waals surface area contributed by atoms with Gasteiger partial charge in [0.25, 0.3) is 0 Å². The van der Waals surface area contributed by atoms with Crippen molar-refractivity contribution in [3.05, 3.63) is 53.9 Å². The number of rotatable bonds is 2. The third-order valence-electron chi connectivity index (χ3n) is 3.06. The number of fused-ring (bicyclic) bond motifs is 1. The maximum atomic E-state index is 11.4. The largest absolute Gasteiger partial charge is 0.377 e. The number of anilines is 1. The molecule has 2 aromatic carbocycles. The molecule has 1 unspecified atom stereocenters. The van der Waals surface area contributed by atoms with Crippen LogP contribution in [-0.4, -0.2) is 20.2 Å². The summed E-state index contributed by atoms with van der Waals surface area (Å²) in [6.07, 6.45) is 1.71. The van der Waals surface area contributed by atoms with Crippen molar-refractivity contribution in [2.24, 2.45) is 0 Å². The van der Waals surface area contributed by atoms with Gasteiger partial charge in [-0.3, -0.25) is 0 Å². The minimum Gasteiger partial charge on any atom is -0.377 e. The van der Waals surface area contributed by atoms with Crippen molar-refractivity contribution in [2.75, 3.05) is 11.1 Å². The molecule has 0 saturated carbocycles. The minimum absolute atomic E-state index is 0.135. The molecule has 3 rings (SSSR count). The molecular formula is C14H13NO2S. The Balaban J connectivity index is 1.94. The van der Waals surface area contributed by atoms with E-state index in [2.05, 4.69) is 5.32 Å². The summed E-state index contributed by atoms with van der Waals surface area (Å²) in [7, 11) is -3.01. The zero-order valence-electron chi connectivity index (χ0n) is 9.71. The fourth-order valence-electron chi connectivity index (χ4n) is 2.22. The second-order valence-electron chi connectivity index (χ2n) is 4.44. The van der Waals surface area contributed by atoms with Gasteiger partial charge in [-0.2, -0.15) is 0 Å². The third kappa shape index (κ3) is 2.11. The van der Waals surface area contributed by atoms with E-state index in [1.807, 2.05) is 42.5 Å². The van der Waals surface area contributed by atoms with E-state index in [1.54, 1.807) is 6.08 Å². The molecule has 0 spiro atoms. The molecule has 1 atom stereocenters. The van der Waals surface area contributed by atoms with Crippen molar-refractivity contribution < 1.29 is 8.42 Å². The molecule has 92 valence electrons. The first-order valence-electron chi connectivity index (χ1n) is 5.79. The Morgan fingerprint density at radius 1 is 1.06 bits per heavy atom. The van der Waals surface area contributed by atoms with E-state index in [0.717, 1.165) is 16.5 Å². The average molecular weight is 259 g/mol. The smallest absolute Gasteiger partial charge is 0.173 e. The topological polar surface area (TPSA) is 46.2 Å². The van der Waals surface area contributed by atoms with E-state index in [9.17, 15) is 8.42 Å². The Morgan fingerprint density at radius 3 is 2.61 bits per heavy atom. The molecule has 0 amide bonds. The molecule has 2 aromatic rings. The SMILES string of the molecule is O=S1(=O)C=CC(Nc2cccc3ccccc23)C1. The lowest BCUT2D eigenvalue weighted by Crippen LogP contribution is -2.20. The first-order chi connectivity index (χ1) is 8.64. The van der Waals surface area contributed by atoms with E-state index in [0.29, 0.717) is 0 Å². The number of benzene rings is 2. The van der Waals surface area contributed by atoms with Gasteiger partial charge in [0.2, 0.25) is 0 Å². The van der Waals surface area contributed by atoms with Gasteiger partial charge < -0.3 is 5.32 Å². The first-order valence-corrected chi connectivity index (χ1v) is 7.51. The molecular weight excluding hydrogens is 246 g/mol. The Labute approximate surface area is 106 Å². The van der Waals surface area contributed by atoms with Crippen molar-refractivity contribution >= 4 is 26.3 Å². The third-order valence-corrected chi connectivity index (χ3v) is 4.46. The van der Waals surface area contributed by atoms with Crippen molar-refractivity contribution in [3.8, 4) is 0 Å². The lowest BCUT2D eigenvalue weighted by Gasteiger charge is -2.13.